The van der Waals surface area contributed by atoms with E-state index in [2.05, 4.69) is 39.6 Å². The van der Waals surface area contributed by atoms with Crippen molar-refractivity contribution in [2.45, 2.75) is 18.9 Å². The van der Waals surface area contributed by atoms with Crippen LogP contribution in [0.1, 0.15) is 12.8 Å². The summed E-state index contributed by atoms with van der Waals surface area (Å²) < 4.78 is 0. The maximum Gasteiger partial charge on any atom is 0.264 e. The number of piperidine rings is 1. The molecule has 1 aliphatic heterocycles. The van der Waals surface area contributed by atoms with Crippen LogP contribution in [0.4, 0.5) is 5.69 Å². The predicted octanol–water partition coefficient (Wildman–Crippen LogP) is 1.88. The van der Waals surface area contributed by atoms with Gasteiger partial charge in [-0.15, -0.1) is 0 Å². The standard InChI is InChI=1S/C15H20N4O/c1-19-8-2-3-13(10-19)16-12-6-4-11(5-7-12)14-9-15(20)18-17-14/h4-7,9,13,16H,2-3,8,10H2,1H3,(H2,17,18,20). The number of hydrogen-bond acceptors (Lipinski definition) is 3. The van der Waals surface area contributed by atoms with Crippen LogP contribution < -0.4 is 10.9 Å². The summed E-state index contributed by atoms with van der Waals surface area (Å²) in [5.74, 6) is 0. The molecule has 5 heteroatoms. The third-order valence-electron chi connectivity index (χ3n) is 3.79. The van der Waals surface area contributed by atoms with Gasteiger partial charge in [0.1, 0.15) is 0 Å². The molecule has 3 rings (SSSR count). The minimum atomic E-state index is -0.104. The number of H-pyrrole nitrogens is 2. The Bertz CT molecular complexity index is 613. The van der Waals surface area contributed by atoms with E-state index in [0.29, 0.717) is 6.04 Å². The van der Waals surface area contributed by atoms with Gasteiger partial charge in [0, 0.05) is 24.3 Å². The summed E-state index contributed by atoms with van der Waals surface area (Å²) >= 11 is 0. The van der Waals surface area contributed by atoms with Gasteiger partial charge in [-0.3, -0.25) is 15.0 Å². The Morgan fingerprint density at radius 2 is 2.05 bits per heavy atom. The van der Waals surface area contributed by atoms with Crippen LogP contribution in [0.15, 0.2) is 35.1 Å². The van der Waals surface area contributed by atoms with Gasteiger partial charge < -0.3 is 10.2 Å². The van der Waals surface area contributed by atoms with E-state index in [1.54, 1.807) is 6.07 Å². The number of likely N-dealkylation sites (tertiary alicyclic amines) is 1. The minimum Gasteiger partial charge on any atom is -0.381 e. The number of anilines is 1. The fourth-order valence-electron chi connectivity index (χ4n) is 2.75. The van der Waals surface area contributed by atoms with Crippen molar-refractivity contribution in [2.24, 2.45) is 0 Å². The van der Waals surface area contributed by atoms with E-state index in [9.17, 15) is 4.79 Å². The largest absolute Gasteiger partial charge is 0.381 e. The molecule has 5 nitrogen and oxygen atoms in total. The van der Waals surface area contributed by atoms with Gasteiger partial charge >= 0.3 is 0 Å². The molecule has 20 heavy (non-hydrogen) atoms. The van der Waals surface area contributed by atoms with Gasteiger partial charge in [-0.1, -0.05) is 12.1 Å². The molecule has 3 N–H and O–H groups in total. The molecular weight excluding hydrogens is 252 g/mol. The number of aromatic amines is 2. The topological polar surface area (TPSA) is 63.9 Å². The fraction of sp³-hybridized carbons (Fsp3) is 0.400. The number of nitrogens with zero attached hydrogens (tertiary/aromatic N) is 1. The SMILES string of the molecule is CN1CCCC(Nc2ccc(-c3cc(=O)[nH][nH]3)cc2)C1. The molecule has 0 saturated carbocycles. The van der Waals surface area contributed by atoms with Crippen molar-refractivity contribution in [1.29, 1.82) is 0 Å². The average Bonchev–Trinajstić information content (AvgIpc) is 2.86. The molecule has 1 unspecified atom stereocenters. The van der Waals surface area contributed by atoms with Gasteiger partial charge in [-0.2, -0.15) is 0 Å². The summed E-state index contributed by atoms with van der Waals surface area (Å²) in [7, 11) is 2.17. The third kappa shape index (κ3) is 2.93. The van der Waals surface area contributed by atoms with Crippen LogP contribution >= 0.6 is 0 Å². The van der Waals surface area contributed by atoms with Crippen molar-refractivity contribution in [1.82, 2.24) is 15.1 Å². The second-order valence-corrected chi connectivity index (χ2v) is 5.50. The zero-order valence-corrected chi connectivity index (χ0v) is 11.6. The van der Waals surface area contributed by atoms with Gasteiger partial charge in [-0.05, 0) is 44.1 Å². The van der Waals surface area contributed by atoms with Gasteiger partial charge in [0.2, 0.25) is 0 Å². The van der Waals surface area contributed by atoms with E-state index in [1.807, 2.05) is 12.1 Å². The first kappa shape index (κ1) is 13.0. The van der Waals surface area contributed by atoms with Crippen LogP contribution in [0.2, 0.25) is 0 Å². The normalized spacial score (nSPS) is 19.9. The summed E-state index contributed by atoms with van der Waals surface area (Å²) in [6, 6.07) is 10.3. The first-order chi connectivity index (χ1) is 9.70. The highest BCUT2D eigenvalue weighted by Crippen LogP contribution is 2.20. The first-order valence-corrected chi connectivity index (χ1v) is 7.04. The zero-order chi connectivity index (χ0) is 13.9. The number of nitrogens with one attached hydrogen (secondary N) is 3. The molecule has 0 spiro atoms. The molecule has 1 aliphatic rings. The summed E-state index contributed by atoms with van der Waals surface area (Å²) in [4.78, 5) is 13.5. The number of hydrogen-bond donors (Lipinski definition) is 3. The van der Waals surface area contributed by atoms with Crippen molar-refractivity contribution in [3.8, 4) is 11.3 Å². The molecule has 2 heterocycles. The van der Waals surface area contributed by atoms with E-state index in [1.165, 1.54) is 19.4 Å². The average molecular weight is 272 g/mol. The van der Waals surface area contributed by atoms with E-state index in [0.717, 1.165) is 23.5 Å². The third-order valence-corrected chi connectivity index (χ3v) is 3.79. The minimum absolute atomic E-state index is 0.104. The Labute approximate surface area is 118 Å². The van der Waals surface area contributed by atoms with Crippen LogP contribution in [0, 0.1) is 0 Å². The monoisotopic (exact) mass is 272 g/mol. The fourth-order valence-corrected chi connectivity index (χ4v) is 2.75. The van der Waals surface area contributed by atoms with Crippen molar-refractivity contribution < 1.29 is 0 Å². The lowest BCUT2D eigenvalue weighted by Crippen LogP contribution is -2.39. The van der Waals surface area contributed by atoms with E-state index in [4.69, 9.17) is 0 Å². The maximum absolute atomic E-state index is 11.1. The molecule has 2 aromatic rings. The smallest absolute Gasteiger partial charge is 0.264 e. The lowest BCUT2D eigenvalue weighted by Gasteiger charge is -2.30. The van der Waals surface area contributed by atoms with Gasteiger partial charge in [0.15, 0.2) is 0 Å². The molecule has 1 atom stereocenters. The lowest BCUT2D eigenvalue weighted by molar-refractivity contribution is 0.261. The Morgan fingerprint density at radius 3 is 2.70 bits per heavy atom. The molecular formula is C15H20N4O. The summed E-state index contributed by atoms with van der Waals surface area (Å²) in [6.45, 7) is 2.28. The van der Waals surface area contributed by atoms with Crippen molar-refractivity contribution >= 4 is 5.69 Å². The maximum atomic E-state index is 11.1. The molecule has 1 fully saturated rings. The van der Waals surface area contributed by atoms with E-state index in [-0.39, 0.29) is 5.56 Å². The Balaban J connectivity index is 1.68. The van der Waals surface area contributed by atoms with Gasteiger partial charge in [0.05, 0.1) is 5.69 Å². The lowest BCUT2D eigenvalue weighted by atomic mass is 10.1. The number of benzene rings is 1. The molecule has 106 valence electrons. The Morgan fingerprint density at radius 1 is 1.25 bits per heavy atom. The Kier molecular flexibility index (Phi) is 3.60. The van der Waals surface area contributed by atoms with Crippen LogP contribution in [0.5, 0.6) is 0 Å². The van der Waals surface area contributed by atoms with Crippen LogP contribution in [0.25, 0.3) is 11.3 Å². The van der Waals surface area contributed by atoms with Crippen molar-refractivity contribution in [3.05, 3.63) is 40.7 Å². The number of likely N-dealkylation sites (N-methyl/N-ethyl adjacent to an activating group) is 1. The highest BCUT2D eigenvalue weighted by molar-refractivity contribution is 5.62. The predicted molar refractivity (Wildman–Crippen MR) is 81.0 cm³/mol. The summed E-state index contributed by atoms with van der Waals surface area (Å²) in [5, 5.41) is 8.99. The van der Waals surface area contributed by atoms with Crippen LogP contribution in [-0.4, -0.2) is 41.3 Å². The molecule has 0 aliphatic carbocycles. The van der Waals surface area contributed by atoms with E-state index < -0.39 is 0 Å². The van der Waals surface area contributed by atoms with Crippen LogP contribution in [-0.2, 0) is 0 Å². The second kappa shape index (κ2) is 5.54. The molecule has 0 radical (unpaired) electrons. The second-order valence-electron chi connectivity index (χ2n) is 5.50. The summed E-state index contributed by atoms with van der Waals surface area (Å²) in [6.07, 6.45) is 2.47. The molecule has 1 saturated heterocycles. The molecule has 1 aromatic heterocycles. The Hall–Kier alpha value is -2.01. The summed E-state index contributed by atoms with van der Waals surface area (Å²) in [5.41, 5.74) is 2.85. The van der Waals surface area contributed by atoms with Crippen molar-refractivity contribution in [2.75, 3.05) is 25.5 Å². The number of rotatable bonds is 3. The van der Waals surface area contributed by atoms with Gasteiger partial charge in [-0.25, -0.2) is 0 Å². The molecule has 0 bridgehead atoms. The molecule has 1 aromatic carbocycles. The first-order valence-electron chi connectivity index (χ1n) is 7.04. The quantitative estimate of drug-likeness (QED) is 0.799. The van der Waals surface area contributed by atoms with Crippen LogP contribution in [0.3, 0.4) is 0 Å². The zero-order valence-electron chi connectivity index (χ0n) is 11.6. The molecule has 0 amide bonds. The highest BCUT2D eigenvalue weighted by atomic mass is 16.1. The van der Waals surface area contributed by atoms with Crippen molar-refractivity contribution in [3.63, 3.8) is 0 Å². The van der Waals surface area contributed by atoms with Gasteiger partial charge in [0.25, 0.3) is 5.56 Å². The highest BCUT2D eigenvalue weighted by Gasteiger charge is 2.16. The number of aromatic nitrogens is 2. The van der Waals surface area contributed by atoms with E-state index >= 15 is 0 Å².